The van der Waals surface area contributed by atoms with Gasteiger partial charge >= 0.3 is 0 Å². The summed E-state index contributed by atoms with van der Waals surface area (Å²) in [5.74, 6) is 0.838. The van der Waals surface area contributed by atoms with Crippen LogP contribution in [0.15, 0.2) is 24.3 Å². The number of fused-ring (bicyclic) bond motifs is 1. The van der Waals surface area contributed by atoms with E-state index in [0.717, 1.165) is 44.7 Å². The fourth-order valence-electron chi connectivity index (χ4n) is 4.12. The van der Waals surface area contributed by atoms with Crippen LogP contribution in [-0.4, -0.2) is 42.6 Å². The van der Waals surface area contributed by atoms with E-state index in [2.05, 4.69) is 22.4 Å². The van der Waals surface area contributed by atoms with E-state index in [0.29, 0.717) is 17.5 Å². The Bertz CT molecular complexity index is 665. The van der Waals surface area contributed by atoms with Crippen LogP contribution < -0.4 is 5.32 Å². The maximum Gasteiger partial charge on any atom is 0.223 e. The van der Waals surface area contributed by atoms with E-state index in [1.165, 1.54) is 6.42 Å². The molecular formula is C19H23N3O2. The van der Waals surface area contributed by atoms with Crippen molar-refractivity contribution in [2.75, 3.05) is 19.8 Å². The van der Waals surface area contributed by atoms with E-state index in [4.69, 9.17) is 10.00 Å². The van der Waals surface area contributed by atoms with Gasteiger partial charge in [-0.25, -0.2) is 0 Å². The van der Waals surface area contributed by atoms with Gasteiger partial charge in [-0.05, 0) is 30.5 Å². The third-order valence-electron chi connectivity index (χ3n) is 5.76. The quantitative estimate of drug-likeness (QED) is 0.914. The summed E-state index contributed by atoms with van der Waals surface area (Å²) in [5.41, 5.74) is 1.84. The van der Waals surface area contributed by atoms with Crippen LogP contribution in [0.2, 0.25) is 0 Å². The molecule has 3 fully saturated rings. The standard InChI is InChI=1S/C19H23N3O2/c20-8-13-3-1-4-14(7-13)9-22-10-17(16-11-24-12-18(16)22)21-19(23)15-5-2-6-15/h1,3-4,7,15-18H,2,5-6,9-12H2,(H,21,23)/t16-,17-,18-/m1/s1. The van der Waals surface area contributed by atoms with Crippen molar-refractivity contribution in [3.8, 4) is 6.07 Å². The van der Waals surface area contributed by atoms with E-state index in [-0.39, 0.29) is 17.9 Å². The van der Waals surface area contributed by atoms with Gasteiger partial charge in [-0.1, -0.05) is 18.6 Å². The van der Waals surface area contributed by atoms with Crippen molar-refractivity contribution >= 4 is 5.91 Å². The summed E-state index contributed by atoms with van der Waals surface area (Å²) in [6.45, 7) is 3.14. The second kappa shape index (κ2) is 6.54. The Morgan fingerprint density at radius 1 is 1.38 bits per heavy atom. The largest absolute Gasteiger partial charge is 0.379 e. The van der Waals surface area contributed by atoms with E-state index in [1.54, 1.807) is 0 Å². The van der Waals surface area contributed by atoms with Crippen molar-refractivity contribution in [1.82, 2.24) is 10.2 Å². The van der Waals surface area contributed by atoms with Crippen LogP contribution in [0.3, 0.4) is 0 Å². The second-order valence-corrected chi connectivity index (χ2v) is 7.25. The molecule has 5 heteroatoms. The zero-order valence-corrected chi connectivity index (χ0v) is 13.8. The summed E-state index contributed by atoms with van der Waals surface area (Å²) in [7, 11) is 0. The van der Waals surface area contributed by atoms with Gasteiger partial charge in [-0.2, -0.15) is 5.26 Å². The summed E-state index contributed by atoms with van der Waals surface area (Å²) >= 11 is 0. The number of carbonyl (C=O) groups excluding carboxylic acids is 1. The first-order valence-corrected chi connectivity index (χ1v) is 8.86. The summed E-state index contributed by atoms with van der Waals surface area (Å²) in [6.07, 6.45) is 3.25. The van der Waals surface area contributed by atoms with Gasteiger partial charge in [0.1, 0.15) is 0 Å². The average molecular weight is 325 g/mol. The third kappa shape index (κ3) is 2.92. The van der Waals surface area contributed by atoms with Crippen molar-refractivity contribution in [2.45, 2.75) is 37.9 Å². The van der Waals surface area contributed by atoms with Gasteiger partial charge in [-0.15, -0.1) is 0 Å². The number of nitriles is 1. The van der Waals surface area contributed by atoms with E-state index in [9.17, 15) is 4.79 Å². The lowest BCUT2D eigenvalue weighted by Gasteiger charge is -2.27. The second-order valence-electron chi connectivity index (χ2n) is 7.25. The Labute approximate surface area is 142 Å². The molecule has 5 nitrogen and oxygen atoms in total. The van der Waals surface area contributed by atoms with Crippen LogP contribution in [0.25, 0.3) is 0 Å². The highest BCUT2D eigenvalue weighted by atomic mass is 16.5. The maximum absolute atomic E-state index is 12.3. The molecule has 1 saturated carbocycles. The molecule has 4 rings (SSSR count). The van der Waals surface area contributed by atoms with Crippen LogP contribution in [0, 0.1) is 23.2 Å². The molecule has 2 aliphatic heterocycles. The van der Waals surface area contributed by atoms with Crippen LogP contribution in [0.4, 0.5) is 0 Å². The van der Waals surface area contributed by atoms with Crippen molar-refractivity contribution in [3.05, 3.63) is 35.4 Å². The average Bonchev–Trinajstić information content (AvgIpc) is 3.11. The van der Waals surface area contributed by atoms with Gasteiger partial charge in [0.15, 0.2) is 0 Å². The highest BCUT2D eigenvalue weighted by Crippen LogP contribution is 2.33. The van der Waals surface area contributed by atoms with Crippen molar-refractivity contribution in [3.63, 3.8) is 0 Å². The number of carbonyl (C=O) groups is 1. The lowest BCUT2D eigenvalue weighted by atomic mass is 9.84. The SMILES string of the molecule is N#Cc1cccc(CN2C[C@@H](NC(=O)C3CCC3)[C@H]3COC[C@H]32)c1. The lowest BCUT2D eigenvalue weighted by molar-refractivity contribution is -0.128. The summed E-state index contributed by atoms with van der Waals surface area (Å²) in [6, 6.07) is 10.5. The molecule has 0 aromatic heterocycles. The molecule has 24 heavy (non-hydrogen) atoms. The molecule has 0 spiro atoms. The number of nitrogens with one attached hydrogen (secondary N) is 1. The van der Waals surface area contributed by atoms with Gasteiger partial charge in [0.05, 0.1) is 24.8 Å². The number of nitrogens with zero attached hydrogens (tertiary/aromatic N) is 2. The predicted octanol–water partition coefficient (Wildman–Crippen LogP) is 1.67. The molecule has 1 aliphatic carbocycles. The monoisotopic (exact) mass is 325 g/mol. The van der Waals surface area contributed by atoms with Gasteiger partial charge in [-0.3, -0.25) is 9.69 Å². The van der Waals surface area contributed by atoms with Crippen molar-refractivity contribution in [1.29, 1.82) is 5.26 Å². The molecule has 2 heterocycles. The molecular weight excluding hydrogens is 302 g/mol. The molecule has 1 aromatic rings. The van der Waals surface area contributed by atoms with Crippen molar-refractivity contribution in [2.24, 2.45) is 11.8 Å². The molecule has 0 bridgehead atoms. The molecule has 3 atom stereocenters. The molecule has 2 saturated heterocycles. The number of amides is 1. The maximum atomic E-state index is 12.3. The molecule has 1 amide bonds. The van der Waals surface area contributed by atoms with Crippen LogP contribution in [0.1, 0.15) is 30.4 Å². The molecule has 1 aromatic carbocycles. The van der Waals surface area contributed by atoms with E-state index >= 15 is 0 Å². The van der Waals surface area contributed by atoms with E-state index < -0.39 is 0 Å². The number of ether oxygens (including phenoxy) is 1. The lowest BCUT2D eigenvalue weighted by Crippen LogP contribution is -2.45. The minimum absolute atomic E-state index is 0.185. The summed E-state index contributed by atoms with van der Waals surface area (Å²) < 4.78 is 5.69. The minimum Gasteiger partial charge on any atom is -0.379 e. The Morgan fingerprint density at radius 2 is 2.25 bits per heavy atom. The van der Waals surface area contributed by atoms with Crippen LogP contribution in [0.5, 0.6) is 0 Å². The topological polar surface area (TPSA) is 65.4 Å². The Balaban J connectivity index is 1.44. The number of rotatable bonds is 4. The molecule has 3 aliphatic rings. The number of benzene rings is 1. The number of hydrogen-bond acceptors (Lipinski definition) is 4. The van der Waals surface area contributed by atoms with Crippen LogP contribution >= 0.6 is 0 Å². The number of likely N-dealkylation sites (tertiary alicyclic amines) is 1. The highest BCUT2D eigenvalue weighted by molar-refractivity contribution is 5.79. The Morgan fingerprint density at radius 3 is 3.00 bits per heavy atom. The predicted molar refractivity (Wildman–Crippen MR) is 88.9 cm³/mol. The molecule has 126 valence electrons. The molecule has 0 radical (unpaired) electrons. The zero-order valence-electron chi connectivity index (χ0n) is 13.8. The first kappa shape index (κ1) is 15.6. The Kier molecular flexibility index (Phi) is 4.26. The number of hydrogen-bond donors (Lipinski definition) is 1. The summed E-state index contributed by atoms with van der Waals surface area (Å²) in [4.78, 5) is 14.7. The van der Waals surface area contributed by atoms with Gasteiger partial charge in [0, 0.05) is 37.0 Å². The first-order valence-electron chi connectivity index (χ1n) is 8.86. The van der Waals surface area contributed by atoms with E-state index in [1.807, 2.05) is 18.2 Å². The Hall–Kier alpha value is -1.90. The smallest absolute Gasteiger partial charge is 0.223 e. The van der Waals surface area contributed by atoms with Gasteiger partial charge in [0.2, 0.25) is 5.91 Å². The minimum atomic E-state index is 0.185. The molecule has 1 N–H and O–H groups in total. The normalized spacial score (nSPS) is 29.7. The first-order chi connectivity index (χ1) is 11.7. The zero-order chi connectivity index (χ0) is 16.5. The fraction of sp³-hybridized carbons (Fsp3) is 0.579. The highest BCUT2D eigenvalue weighted by Gasteiger charge is 2.46. The van der Waals surface area contributed by atoms with Crippen molar-refractivity contribution < 1.29 is 9.53 Å². The van der Waals surface area contributed by atoms with Gasteiger partial charge in [0.25, 0.3) is 0 Å². The van der Waals surface area contributed by atoms with Gasteiger partial charge < -0.3 is 10.1 Å². The third-order valence-corrected chi connectivity index (χ3v) is 5.76. The van der Waals surface area contributed by atoms with Crippen LogP contribution in [-0.2, 0) is 16.1 Å². The fourth-order valence-corrected chi connectivity index (χ4v) is 4.12. The molecule has 0 unspecified atom stereocenters. The summed E-state index contributed by atoms with van der Waals surface area (Å²) in [5, 5.41) is 12.3.